The van der Waals surface area contributed by atoms with Crippen molar-refractivity contribution >= 4 is 11.6 Å². The van der Waals surface area contributed by atoms with Crippen molar-refractivity contribution < 1.29 is 14.3 Å². The Morgan fingerprint density at radius 1 is 1.04 bits per heavy atom. The molecule has 0 saturated heterocycles. The summed E-state index contributed by atoms with van der Waals surface area (Å²) in [7, 11) is 3.14. The van der Waals surface area contributed by atoms with Gasteiger partial charge in [0.1, 0.15) is 5.82 Å². The zero-order chi connectivity index (χ0) is 17.6. The van der Waals surface area contributed by atoms with E-state index in [1.807, 2.05) is 12.1 Å². The molecule has 0 amide bonds. The van der Waals surface area contributed by atoms with Crippen LogP contribution in [0.4, 0.5) is 5.82 Å². The predicted molar refractivity (Wildman–Crippen MR) is 92.3 cm³/mol. The molecular weight excluding hydrogens is 322 g/mol. The lowest BCUT2D eigenvalue weighted by Crippen LogP contribution is -2.29. The third-order valence-electron chi connectivity index (χ3n) is 4.87. The topological polar surface area (TPSA) is 96.2 Å². The van der Waals surface area contributed by atoms with Crippen LogP contribution in [0.15, 0.2) is 34.3 Å². The molecule has 1 atom stereocenters. The number of aromatic amines is 2. The molecule has 0 radical (unpaired) electrons. The molecule has 0 saturated carbocycles. The van der Waals surface area contributed by atoms with Gasteiger partial charge in [-0.05, 0) is 30.5 Å². The fourth-order valence-electron chi connectivity index (χ4n) is 3.73. The summed E-state index contributed by atoms with van der Waals surface area (Å²) in [5.74, 6) is 1.46. The van der Waals surface area contributed by atoms with E-state index in [0.29, 0.717) is 34.9 Å². The minimum Gasteiger partial charge on any atom is -0.493 e. The largest absolute Gasteiger partial charge is 0.493 e. The number of hydrogen-bond acceptors (Lipinski definition) is 5. The first-order chi connectivity index (χ1) is 12.1. The van der Waals surface area contributed by atoms with Gasteiger partial charge in [0, 0.05) is 23.6 Å². The van der Waals surface area contributed by atoms with Gasteiger partial charge >= 0.3 is 0 Å². The van der Waals surface area contributed by atoms with Crippen LogP contribution in [0.2, 0.25) is 0 Å². The van der Waals surface area contributed by atoms with Crippen molar-refractivity contribution in [2.24, 2.45) is 0 Å². The van der Waals surface area contributed by atoms with Crippen LogP contribution in [-0.4, -0.2) is 30.2 Å². The summed E-state index contributed by atoms with van der Waals surface area (Å²) < 4.78 is 10.7. The number of methoxy groups -OCH3 is 2. The van der Waals surface area contributed by atoms with Crippen molar-refractivity contribution in [1.29, 1.82) is 0 Å². The maximum atomic E-state index is 12.7. The molecule has 1 aliphatic heterocycles. The summed E-state index contributed by atoms with van der Waals surface area (Å²) in [5, 5.41) is 8.71. The lowest BCUT2D eigenvalue weighted by Gasteiger charge is -2.31. The summed E-state index contributed by atoms with van der Waals surface area (Å²) in [6.07, 6.45) is 2.10. The number of rotatable bonds is 3. The van der Waals surface area contributed by atoms with Gasteiger partial charge < -0.3 is 14.8 Å². The van der Waals surface area contributed by atoms with Crippen molar-refractivity contribution in [1.82, 2.24) is 10.2 Å². The fourth-order valence-corrected chi connectivity index (χ4v) is 3.73. The number of benzene rings is 1. The monoisotopic (exact) mass is 341 g/mol. The number of H-pyrrole nitrogens is 2. The van der Waals surface area contributed by atoms with E-state index >= 15 is 0 Å². The summed E-state index contributed by atoms with van der Waals surface area (Å²) >= 11 is 0. The van der Waals surface area contributed by atoms with Gasteiger partial charge in [0.25, 0.3) is 5.56 Å². The highest BCUT2D eigenvalue weighted by Crippen LogP contribution is 2.44. The average Bonchev–Trinajstić information content (AvgIpc) is 3.00. The average molecular weight is 341 g/mol. The zero-order valence-corrected chi connectivity index (χ0v) is 14.1. The lowest BCUT2D eigenvalue weighted by atomic mass is 9.77. The number of aromatic nitrogens is 2. The molecule has 4 rings (SSSR count). The molecule has 7 heteroatoms. The SMILES string of the molecule is COc1ccc([C@@H]2C3=C(CCCC3=O)Nc3[nH][nH]c(=O)c32)cc1OC. The summed E-state index contributed by atoms with van der Waals surface area (Å²) in [4.78, 5) is 25.0. The maximum absolute atomic E-state index is 12.7. The van der Waals surface area contributed by atoms with Gasteiger partial charge in [-0.2, -0.15) is 0 Å². The number of ketones is 1. The summed E-state index contributed by atoms with van der Waals surface area (Å²) in [6.45, 7) is 0. The van der Waals surface area contributed by atoms with Crippen LogP contribution in [0.3, 0.4) is 0 Å². The van der Waals surface area contributed by atoms with Crippen LogP contribution >= 0.6 is 0 Å². The molecule has 0 bridgehead atoms. The standard InChI is InChI=1S/C18H19N3O4/c1-24-12-7-6-9(8-13(12)25-2)14-15-10(4-3-5-11(15)22)19-17-16(14)18(23)21-20-17/h6-8,14H,3-5H2,1-2H3,(H3,19,20,21,23)/t14-/m1/s1. The van der Waals surface area contributed by atoms with E-state index in [4.69, 9.17) is 9.47 Å². The number of carbonyl (C=O) groups excluding carboxylic acids is 1. The van der Waals surface area contributed by atoms with Crippen LogP contribution in [0.5, 0.6) is 11.5 Å². The molecule has 2 aliphatic rings. The molecule has 3 N–H and O–H groups in total. The molecule has 7 nitrogen and oxygen atoms in total. The van der Waals surface area contributed by atoms with Crippen LogP contribution < -0.4 is 20.3 Å². The van der Waals surface area contributed by atoms with Crippen LogP contribution in [0.1, 0.15) is 36.3 Å². The highest BCUT2D eigenvalue weighted by atomic mass is 16.5. The van der Waals surface area contributed by atoms with Crippen LogP contribution in [0, 0.1) is 0 Å². The lowest BCUT2D eigenvalue weighted by molar-refractivity contribution is -0.116. The molecule has 130 valence electrons. The Morgan fingerprint density at radius 3 is 2.60 bits per heavy atom. The Kier molecular flexibility index (Phi) is 3.63. The first-order valence-corrected chi connectivity index (χ1v) is 8.19. The molecule has 25 heavy (non-hydrogen) atoms. The normalized spacial score (nSPS) is 19.1. The highest BCUT2D eigenvalue weighted by molar-refractivity contribution is 6.00. The first kappa shape index (κ1) is 15.6. The minimum absolute atomic E-state index is 0.0831. The van der Waals surface area contributed by atoms with E-state index in [0.717, 1.165) is 24.1 Å². The number of nitrogens with one attached hydrogen (secondary N) is 3. The number of ether oxygens (including phenoxy) is 2. The second kappa shape index (κ2) is 5.84. The fraction of sp³-hybridized carbons (Fsp3) is 0.333. The Bertz CT molecular complexity index is 938. The quantitative estimate of drug-likeness (QED) is 0.796. The van der Waals surface area contributed by atoms with Gasteiger partial charge in [-0.15, -0.1) is 0 Å². The molecular formula is C18H19N3O4. The summed E-state index contributed by atoms with van der Waals surface area (Å²) in [6, 6.07) is 5.50. The summed E-state index contributed by atoms with van der Waals surface area (Å²) in [5.41, 5.74) is 2.69. The van der Waals surface area contributed by atoms with Crippen molar-refractivity contribution in [3.8, 4) is 11.5 Å². The van der Waals surface area contributed by atoms with Crippen molar-refractivity contribution in [2.75, 3.05) is 19.5 Å². The van der Waals surface area contributed by atoms with E-state index in [1.54, 1.807) is 20.3 Å². The molecule has 0 fully saturated rings. The molecule has 1 aliphatic carbocycles. The smallest absolute Gasteiger partial charge is 0.270 e. The molecule has 1 aromatic carbocycles. The Morgan fingerprint density at radius 2 is 1.84 bits per heavy atom. The Hall–Kier alpha value is -2.96. The van der Waals surface area contributed by atoms with Crippen molar-refractivity contribution in [3.63, 3.8) is 0 Å². The van der Waals surface area contributed by atoms with Crippen LogP contribution in [-0.2, 0) is 4.79 Å². The molecule has 0 spiro atoms. The first-order valence-electron chi connectivity index (χ1n) is 8.19. The molecule has 2 aromatic rings. The van der Waals surface area contributed by atoms with Gasteiger partial charge in [-0.1, -0.05) is 6.07 Å². The minimum atomic E-state index is -0.422. The second-order valence-corrected chi connectivity index (χ2v) is 6.21. The van der Waals surface area contributed by atoms with Crippen molar-refractivity contribution in [2.45, 2.75) is 25.2 Å². The Balaban J connectivity index is 1.94. The van der Waals surface area contributed by atoms with E-state index in [-0.39, 0.29) is 11.3 Å². The number of fused-ring (bicyclic) bond motifs is 1. The van der Waals surface area contributed by atoms with E-state index in [9.17, 15) is 9.59 Å². The number of hydrogen-bond donors (Lipinski definition) is 3. The number of carbonyl (C=O) groups is 1. The van der Waals surface area contributed by atoms with E-state index < -0.39 is 5.92 Å². The third-order valence-corrected chi connectivity index (χ3v) is 4.87. The van der Waals surface area contributed by atoms with Crippen molar-refractivity contribution in [3.05, 3.63) is 50.9 Å². The molecule has 1 aromatic heterocycles. The van der Waals surface area contributed by atoms with Gasteiger partial charge in [-0.3, -0.25) is 19.8 Å². The predicted octanol–water partition coefficient (Wildman–Crippen LogP) is 2.28. The number of allylic oxidation sites excluding steroid dienone is 2. The zero-order valence-electron chi connectivity index (χ0n) is 14.1. The third kappa shape index (κ3) is 2.34. The molecule has 0 unspecified atom stereocenters. The van der Waals surface area contributed by atoms with Crippen LogP contribution in [0.25, 0.3) is 0 Å². The molecule has 2 heterocycles. The highest BCUT2D eigenvalue weighted by Gasteiger charge is 2.38. The number of Topliss-reactive ketones (excluding diaryl/α,β-unsaturated/α-hetero) is 1. The van der Waals surface area contributed by atoms with E-state index in [1.165, 1.54) is 0 Å². The van der Waals surface area contributed by atoms with E-state index in [2.05, 4.69) is 15.5 Å². The van der Waals surface area contributed by atoms with Gasteiger partial charge in [0.05, 0.1) is 19.8 Å². The Labute approximate surface area is 144 Å². The maximum Gasteiger partial charge on any atom is 0.270 e. The number of anilines is 1. The van der Waals surface area contributed by atoms with Gasteiger partial charge in [0.2, 0.25) is 0 Å². The van der Waals surface area contributed by atoms with Gasteiger partial charge in [0.15, 0.2) is 17.3 Å². The second-order valence-electron chi connectivity index (χ2n) is 6.21. The van der Waals surface area contributed by atoms with Gasteiger partial charge in [-0.25, -0.2) is 0 Å².